The molecule has 0 saturated carbocycles. The van der Waals surface area contributed by atoms with Crippen molar-refractivity contribution in [2.75, 3.05) is 41.0 Å². The predicted molar refractivity (Wildman–Crippen MR) is 225 cm³/mol. The molecule has 8 nitrogen and oxygen atoms in total. The van der Waals surface area contributed by atoms with Crippen LogP contribution >= 0.6 is 0 Å². The van der Waals surface area contributed by atoms with Gasteiger partial charge < -0.3 is 23.8 Å². The number of likely N-dealkylation sites (N-methyl/N-ethyl adjacent to an activating group) is 1. The van der Waals surface area contributed by atoms with E-state index in [4.69, 9.17) is 14.2 Å². The summed E-state index contributed by atoms with van der Waals surface area (Å²) in [6.45, 7) is 4.57. The molecule has 0 amide bonds. The zero-order chi connectivity index (χ0) is 40.0. The second-order valence-electron chi connectivity index (χ2n) is 15.9. The maximum Gasteiger partial charge on any atom is 0.362 e. The van der Waals surface area contributed by atoms with Crippen molar-refractivity contribution in [3.63, 3.8) is 0 Å². The van der Waals surface area contributed by atoms with Gasteiger partial charge in [0.25, 0.3) is 0 Å². The van der Waals surface area contributed by atoms with E-state index >= 15 is 0 Å². The van der Waals surface area contributed by atoms with Crippen molar-refractivity contribution in [3.8, 4) is 0 Å². The highest BCUT2D eigenvalue weighted by Crippen LogP contribution is 2.15. The van der Waals surface area contributed by atoms with Crippen LogP contribution in [0.15, 0.2) is 36.5 Å². The average molecular weight is 763 g/mol. The summed E-state index contributed by atoms with van der Waals surface area (Å²) in [6, 6.07) is -0.621. The molecule has 0 aromatic heterocycles. The Hall–Kier alpha value is -2.45. The minimum absolute atomic E-state index is 0.0431. The van der Waals surface area contributed by atoms with Crippen LogP contribution in [0, 0.1) is 0 Å². The van der Waals surface area contributed by atoms with Gasteiger partial charge in [-0.05, 0) is 38.5 Å². The maximum absolute atomic E-state index is 12.6. The fraction of sp³-hybridized carbons (Fsp3) is 0.804. The molecule has 0 spiro atoms. The molecule has 0 aromatic rings. The van der Waals surface area contributed by atoms with Crippen LogP contribution in [0.25, 0.3) is 0 Å². The van der Waals surface area contributed by atoms with Gasteiger partial charge in [-0.15, -0.1) is 0 Å². The third-order valence-corrected chi connectivity index (χ3v) is 9.80. The summed E-state index contributed by atoms with van der Waals surface area (Å²) in [5.41, 5.74) is 0. The van der Waals surface area contributed by atoms with Crippen molar-refractivity contribution in [2.45, 2.75) is 199 Å². The molecule has 314 valence electrons. The summed E-state index contributed by atoms with van der Waals surface area (Å²) in [5, 5.41) is 9.60. The summed E-state index contributed by atoms with van der Waals surface area (Å²) in [5.74, 6) is -1.53. The van der Waals surface area contributed by atoms with Gasteiger partial charge in [0.05, 0.1) is 34.4 Å². The molecule has 2 atom stereocenters. The highest BCUT2D eigenvalue weighted by atomic mass is 16.6. The third kappa shape index (κ3) is 35.3. The topological polar surface area (TPSA) is 99.1 Å². The summed E-state index contributed by atoms with van der Waals surface area (Å²) < 4.78 is 17.2. The highest BCUT2D eigenvalue weighted by molar-refractivity contribution is 5.72. The first-order chi connectivity index (χ1) is 26.1. The van der Waals surface area contributed by atoms with E-state index in [1.807, 2.05) is 21.1 Å². The number of carboxylic acid groups (broad SMARTS) is 1. The number of ether oxygens (including phenoxy) is 3. The Bertz CT molecular complexity index is 984. The molecule has 0 bridgehead atoms. The number of allylic oxidation sites excluding steroid dienone is 6. The Labute approximate surface area is 332 Å². The van der Waals surface area contributed by atoms with Gasteiger partial charge in [0.2, 0.25) is 0 Å². The molecule has 8 heteroatoms. The molecule has 0 saturated heterocycles. The number of carbonyl (C=O) groups is 3. The second-order valence-corrected chi connectivity index (χ2v) is 15.9. The first-order valence-electron chi connectivity index (χ1n) is 22.0. The van der Waals surface area contributed by atoms with Crippen LogP contribution in [0.3, 0.4) is 0 Å². The van der Waals surface area contributed by atoms with Crippen LogP contribution in [0.2, 0.25) is 0 Å². The fourth-order valence-electron chi connectivity index (χ4n) is 6.41. The molecule has 0 aliphatic carbocycles. The number of hydrogen-bond donors (Lipinski definition) is 1. The van der Waals surface area contributed by atoms with E-state index in [9.17, 15) is 19.5 Å². The van der Waals surface area contributed by atoms with Crippen LogP contribution in [0.1, 0.15) is 187 Å². The van der Waals surface area contributed by atoms with Gasteiger partial charge in [-0.25, -0.2) is 4.79 Å². The number of aliphatic carboxylic acids is 1. The summed E-state index contributed by atoms with van der Waals surface area (Å²) in [6.07, 6.45) is 42.1. The van der Waals surface area contributed by atoms with Gasteiger partial charge in [0.1, 0.15) is 6.61 Å². The molecule has 1 N–H and O–H groups in total. The van der Waals surface area contributed by atoms with Crippen LogP contribution in [0.4, 0.5) is 0 Å². The van der Waals surface area contributed by atoms with E-state index in [-0.39, 0.29) is 42.7 Å². The zero-order valence-corrected chi connectivity index (χ0v) is 35.7. The van der Waals surface area contributed by atoms with Gasteiger partial charge >= 0.3 is 17.9 Å². The van der Waals surface area contributed by atoms with Crippen molar-refractivity contribution < 1.29 is 38.2 Å². The first kappa shape index (κ1) is 51.5. The lowest BCUT2D eigenvalue weighted by atomic mass is 10.0. The molecule has 0 aliphatic rings. The Morgan fingerprint density at radius 2 is 1.04 bits per heavy atom. The van der Waals surface area contributed by atoms with E-state index in [1.54, 1.807) is 0 Å². The van der Waals surface area contributed by atoms with Crippen molar-refractivity contribution in [1.82, 2.24) is 0 Å². The van der Waals surface area contributed by atoms with E-state index in [0.29, 0.717) is 19.3 Å². The van der Waals surface area contributed by atoms with E-state index < -0.39 is 18.1 Å². The summed E-state index contributed by atoms with van der Waals surface area (Å²) in [4.78, 5) is 36.9. The van der Waals surface area contributed by atoms with Gasteiger partial charge in [0.15, 0.2) is 12.1 Å². The lowest BCUT2D eigenvalue weighted by Crippen LogP contribution is -2.50. The van der Waals surface area contributed by atoms with Crippen molar-refractivity contribution >= 4 is 17.9 Å². The van der Waals surface area contributed by atoms with Gasteiger partial charge in [-0.3, -0.25) is 9.59 Å². The molecule has 2 unspecified atom stereocenters. The molecule has 0 radical (unpaired) electrons. The SMILES string of the molecule is CC/C=C/C/C=C/C/C=C/CCCC(=O)OC(COCCC(C(=O)O)[N+](C)(C)C)COC(=O)CCCCCCCCCCCCCCCCCCCCC. The Balaban J connectivity index is 4.28. The standard InChI is InChI=1S/C46H83NO7/c1-6-8-10-12-14-16-18-19-20-21-22-23-24-25-27-28-30-32-34-36-44(48)53-41-42(40-52-39-38-43(46(50)51)47(3,4)5)54-45(49)37-35-33-31-29-26-17-15-13-11-9-7-2/h9,11,15,17,29,31,42-43H,6-8,10,12-14,16,18-28,30,32-41H2,1-5H3/p+1/b11-9+,17-15+,31-29+. The number of carbonyl (C=O) groups excluding carboxylic acids is 2. The van der Waals surface area contributed by atoms with Gasteiger partial charge in [0, 0.05) is 19.3 Å². The number of hydrogen-bond acceptors (Lipinski definition) is 6. The smallest absolute Gasteiger partial charge is 0.362 e. The Kier molecular flexibility index (Phi) is 35.8. The predicted octanol–water partition coefficient (Wildman–Crippen LogP) is 11.9. The van der Waals surface area contributed by atoms with Crippen molar-refractivity contribution in [1.29, 1.82) is 0 Å². The molecule has 0 rings (SSSR count). The number of unbranched alkanes of at least 4 members (excludes halogenated alkanes) is 19. The Morgan fingerprint density at radius 1 is 0.574 bits per heavy atom. The van der Waals surface area contributed by atoms with Crippen molar-refractivity contribution in [2.24, 2.45) is 0 Å². The largest absolute Gasteiger partial charge is 0.477 e. The number of rotatable bonds is 39. The summed E-state index contributed by atoms with van der Waals surface area (Å²) in [7, 11) is 5.51. The monoisotopic (exact) mass is 763 g/mol. The lowest BCUT2D eigenvalue weighted by molar-refractivity contribution is -0.887. The maximum atomic E-state index is 12.6. The number of carboxylic acids is 1. The molecule has 0 aromatic carbocycles. The molecule has 0 aliphatic heterocycles. The average Bonchev–Trinajstić information content (AvgIpc) is 3.12. The molecular weight excluding hydrogens is 679 g/mol. The van der Waals surface area contributed by atoms with Gasteiger partial charge in [-0.1, -0.05) is 166 Å². The summed E-state index contributed by atoms with van der Waals surface area (Å²) >= 11 is 0. The van der Waals surface area contributed by atoms with E-state index in [1.165, 1.54) is 103 Å². The van der Waals surface area contributed by atoms with Crippen LogP contribution in [-0.4, -0.2) is 80.6 Å². The molecule has 0 fully saturated rings. The minimum atomic E-state index is -0.882. The number of esters is 2. The minimum Gasteiger partial charge on any atom is -0.477 e. The zero-order valence-electron chi connectivity index (χ0n) is 35.7. The van der Waals surface area contributed by atoms with E-state index in [2.05, 4.69) is 50.3 Å². The van der Waals surface area contributed by atoms with Crippen LogP contribution < -0.4 is 0 Å². The quantitative estimate of drug-likeness (QED) is 0.0288. The highest BCUT2D eigenvalue weighted by Gasteiger charge is 2.31. The Morgan fingerprint density at radius 3 is 1.52 bits per heavy atom. The molecular formula is C46H84NO7+. The normalized spacial score (nSPS) is 13.3. The van der Waals surface area contributed by atoms with Crippen LogP contribution in [0.5, 0.6) is 0 Å². The molecule has 54 heavy (non-hydrogen) atoms. The second kappa shape index (κ2) is 37.5. The van der Waals surface area contributed by atoms with Crippen LogP contribution in [-0.2, 0) is 28.6 Å². The van der Waals surface area contributed by atoms with Gasteiger partial charge in [-0.2, -0.15) is 0 Å². The third-order valence-electron chi connectivity index (χ3n) is 9.80. The fourth-order valence-corrected chi connectivity index (χ4v) is 6.41. The molecule has 0 heterocycles. The number of quaternary nitrogens is 1. The van der Waals surface area contributed by atoms with E-state index in [0.717, 1.165) is 44.9 Å². The number of nitrogens with zero attached hydrogens (tertiary/aromatic N) is 1. The lowest BCUT2D eigenvalue weighted by Gasteiger charge is -2.31. The van der Waals surface area contributed by atoms with Crippen molar-refractivity contribution in [3.05, 3.63) is 36.5 Å². The first-order valence-corrected chi connectivity index (χ1v) is 22.0.